The molecule has 1 aliphatic carbocycles. The molecule has 23 heavy (non-hydrogen) atoms. The zero-order chi connectivity index (χ0) is 16.4. The van der Waals surface area contributed by atoms with Gasteiger partial charge in [0, 0.05) is 23.7 Å². The van der Waals surface area contributed by atoms with Crippen molar-refractivity contribution in [2.24, 2.45) is 0 Å². The van der Waals surface area contributed by atoms with Crippen LogP contribution in [-0.4, -0.2) is 26.3 Å². The maximum Gasteiger partial charge on any atom is 0.251 e. The van der Waals surface area contributed by atoms with Gasteiger partial charge in [-0.1, -0.05) is 16.9 Å². The van der Waals surface area contributed by atoms with Crippen LogP contribution in [0.25, 0.3) is 0 Å². The minimum absolute atomic E-state index is 0.143. The topological polar surface area (TPSA) is 101 Å². The lowest BCUT2D eigenvalue weighted by Gasteiger charge is -2.10. The molecule has 2 aromatic rings. The van der Waals surface area contributed by atoms with Gasteiger partial charge in [0.05, 0.1) is 11.8 Å². The number of hydrogen-bond donors (Lipinski definition) is 2. The van der Waals surface area contributed by atoms with E-state index in [2.05, 4.69) is 20.4 Å². The quantitative estimate of drug-likeness (QED) is 0.616. The van der Waals surface area contributed by atoms with Crippen molar-refractivity contribution in [3.63, 3.8) is 0 Å². The fourth-order valence-electron chi connectivity index (χ4n) is 2.12. The Labute approximate surface area is 137 Å². The molecule has 0 aromatic carbocycles. The zero-order valence-electron chi connectivity index (χ0n) is 13.0. The van der Waals surface area contributed by atoms with Crippen LogP contribution in [-0.2, 0) is 11.3 Å². The molecule has 0 saturated heterocycles. The molecule has 0 spiro atoms. The smallest absolute Gasteiger partial charge is 0.251 e. The molecule has 8 heteroatoms. The first-order valence-corrected chi connectivity index (χ1v) is 8.37. The van der Waals surface area contributed by atoms with Crippen molar-refractivity contribution in [2.45, 2.75) is 49.6 Å². The summed E-state index contributed by atoms with van der Waals surface area (Å²) in [5.41, 5.74) is 1.13. The van der Waals surface area contributed by atoms with Crippen LogP contribution >= 0.6 is 11.8 Å². The molecule has 1 amide bonds. The molecule has 122 valence electrons. The second-order valence-corrected chi connectivity index (χ2v) is 6.99. The largest absolute Gasteiger partial charge is 0.361 e. The number of aryl methyl sites for hydroxylation is 1. The lowest BCUT2D eigenvalue weighted by Crippen LogP contribution is -2.30. The highest BCUT2D eigenvalue weighted by Crippen LogP contribution is 2.40. The Morgan fingerprint density at radius 1 is 1.52 bits per heavy atom. The summed E-state index contributed by atoms with van der Waals surface area (Å²) in [5, 5.41) is 6.84. The standard InChI is InChI=1S/C15H18N4O3S/c1-8-5-13(20)18-15(17-8)23-9(2)14(21)16-7-11-6-12(22-19-11)10-3-4-10/h5-6,9-10H,3-4,7H2,1-2H3,(H,16,21)(H,17,18,20)/t9-/m1/s1. The summed E-state index contributed by atoms with van der Waals surface area (Å²) >= 11 is 1.21. The van der Waals surface area contributed by atoms with E-state index >= 15 is 0 Å². The molecule has 0 bridgehead atoms. The number of carbonyl (C=O) groups is 1. The monoisotopic (exact) mass is 334 g/mol. The first kappa shape index (κ1) is 15.8. The van der Waals surface area contributed by atoms with E-state index < -0.39 is 0 Å². The summed E-state index contributed by atoms with van der Waals surface area (Å²) < 4.78 is 5.25. The molecule has 2 aromatic heterocycles. The molecule has 2 N–H and O–H groups in total. The number of H-pyrrole nitrogens is 1. The summed E-state index contributed by atoms with van der Waals surface area (Å²) in [6.07, 6.45) is 2.30. The predicted octanol–water partition coefficient (Wildman–Crippen LogP) is 1.74. The van der Waals surface area contributed by atoms with Gasteiger partial charge in [0.25, 0.3) is 5.56 Å². The minimum Gasteiger partial charge on any atom is -0.361 e. The van der Waals surface area contributed by atoms with Crippen molar-refractivity contribution in [3.8, 4) is 0 Å². The molecule has 0 radical (unpaired) electrons. The lowest BCUT2D eigenvalue weighted by molar-refractivity contribution is -0.120. The van der Waals surface area contributed by atoms with E-state index in [4.69, 9.17) is 4.52 Å². The van der Waals surface area contributed by atoms with Crippen LogP contribution in [0.2, 0.25) is 0 Å². The Morgan fingerprint density at radius 3 is 3.00 bits per heavy atom. The van der Waals surface area contributed by atoms with Gasteiger partial charge in [-0.05, 0) is 26.7 Å². The number of amides is 1. The van der Waals surface area contributed by atoms with E-state index in [9.17, 15) is 9.59 Å². The molecule has 0 unspecified atom stereocenters. The van der Waals surface area contributed by atoms with Crippen LogP contribution in [0.15, 0.2) is 26.6 Å². The molecular weight excluding hydrogens is 316 g/mol. The fourth-order valence-corrected chi connectivity index (χ4v) is 3.00. The highest BCUT2D eigenvalue weighted by atomic mass is 32.2. The molecule has 7 nitrogen and oxygen atoms in total. The van der Waals surface area contributed by atoms with Gasteiger partial charge < -0.3 is 14.8 Å². The van der Waals surface area contributed by atoms with Crippen molar-refractivity contribution in [2.75, 3.05) is 0 Å². The van der Waals surface area contributed by atoms with Gasteiger partial charge in [-0.25, -0.2) is 4.98 Å². The van der Waals surface area contributed by atoms with Crippen molar-refractivity contribution in [3.05, 3.63) is 39.6 Å². The number of nitrogens with zero attached hydrogens (tertiary/aromatic N) is 2. The molecule has 1 saturated carbocycles. The van der Waals surface area contributed by atoms with Crippen LogP contribution in [0.1, 0.15) is 42.8 Å². The number of thioether (sulfide) groups is 1. The van der Waals surface area contributed by atoms with E-state index in [1.54, 1.807) is 13.8 Å². The molecular formula is C15H18N4O3S. The maximum atomic E-state index is 12.1. The predicted molar refractivity (Wildman–Crippen MR) is 85.2 cm³/mol. The third-order valence-electron chi connectivity index (χ3n) is 3.51. The molecule has 2 heterocycles. The van der Waals surface area contributed by atoms with E-state index in [0.717, 1.165) is 24.3 Å². The van der Waals surface area contributed by atoms with Gasteiger partial charge in [0.1, 0.15) is 11.5 Å². The highest BCUT2D eigenvalue weighted by molar-refractivity contribution is 8.00. The first-order chi connectivity index (χ1) is 11.0. The first-order valence-electron chi connectivity index (χ1n) is 7.49. The van der Waals surface area contributed by atoms with Gasteiger partial charge in [-0.3, -0.25) is 9.59 Å². The van der Waals surface area contributed by atoms with Crippen molar-refractivity contribution < 1.29 is 9.32 Å². The van der Waals surface area contributed by atoms with Crippen LogP contribution in [0.5, 0.6) is 0 Å². The molecule has 3 rings (SSSR count). The fraction of sp³-hybridized carbons (Fsp3) is 0.467. The van der Waals surface area contributed by atoms with Gasteiger partial charge in [-0.2, -0.15) is 0 Å². The highest BCUT2D eigenvalue weighted by Gasteiger charge is 2.28. The molecule has 1 fully saturated rings. The summed E-state index contributed by atoms with van der Waals surface area (Å²) in [4.78, 5) is 30.4. The van der Waals surface area contributed by atoms with E-state index in [1.807, 2.05) is 6.07 Å². The average Bonchev–Trinajstić information content (AvgIpc) is 3.22. The number of hydrogen-bond acceptors (Lipinski definition) is 6. The lowest BCUT2D eigenvalue weighted by atomic mass is 10.3. The van der Waals surface area contributed by atoms with E-state index in [0.29, 0.717) is 23.3 Å². The Morgan fingerprint density at radius 2 is 2.30 bits per heavy atom. The van der Waals surface area contributed by atoms with Gasteiger partial charge >= 0.3 is 0 Å². The Bertz CT molecular complexity index is 766. The maximum absolute atomic E-state index is 12.1. The summed E-state index contributed by atoms with van der Waals surface area (Å²) in [7, 11) is 0. The van der Waals surface area contributed by atoms with Gasteiger partial charge in [-0.15, -0.1) is 0 Å². The van der Waals surface area contributed by atoms with Crippen LogP contribution < -0.4 is 10.9 Å². The molecule has 1 aliphatic rings. The number of aromatic nitrogens is 3. The minimum atomic E-state index is -0.380. The zero-order valence-corrected chi connectivity index (χ0v) is 13.8. The summed E-state index contributed by atoms with van der Waals surface area (Å²) in [6, 6.07) is 3.31. The number of carbonyl (C=O) groups excluding carboxylic acids is 1. The number of aromatic amines is 1. The van der Waals surface area contributed by atoms with Crippen molar-refractivity contribution in [1.29, 1.82) is 0 Å². The summed E-state index contributed by atoms with van der Waals surface area (Å²) in [6.45, 7) is 3.84. The van der Waals surface area contributed by atoms with Crippen LogP contribution in [0.4, 0.5) is 0 Å². The SMILES string of the molecule is Cc1cc(=O)[nH]c(S[C@H](C)C(=O)NCc2cc(C3CC3)on2)n1. The second-order valence-electron chi connectivity index (χ2n) is 5.66. The molecule has 1 atom stereocenters. The summed E-state index contributed by atoms with van der Waals surface area (Å²) in [5.74, 6) is 1.26. The number of nitrogens with one attached hydrogen (secondary N) is 2. The van der Waals surface area contributed by atoms with Crippen molar-refractivity contribution >= 4 is 17.7 Å². The second kappa shape index (κ2) is 6.57. The van der Waals surface area contributed by atoms with E-state index in [-0.39, 0.29) is 16.7 Å². The van der Waals surface area contributed by atoms with Gasteiger partial charge in [0.15, 0.2) is 5.16 Å². The Hall–Kier alpha value is -2.09. The Balaban J connectivity index is 1.53. The Kier molecular flexibility index (Phi) is 4.51. The van der Waals surface area contributed by atoms with Gasteiger partial charge in [0.2, 0.25) is 5.91 Å². The third-order valence-corrected chi connectivity index (χ3v) is 4.49. The normalized spacial score (nSPS) is 15.4. The van der Waals surface area contributed by atoms with Crippen LogP contribution in [0.3, 0.4) is 0 Å². The van der Waals surface area contributed by atoms with Crippen LogP contribution in [0, 0.1) is 6.92 Å². The third kappa shape index (κ3) is 4.22. The number of rotatable bonds is 6. The van der Waals surface area contributed by atoms with E-state index in [1.165, 1.54) is 17.8 Å². The van der Waals surface area contributed by atoms with Crippen molar-refractivity contribution in [1.82, 2.24) is 20.4 Å². The molecule has 0 aliphatic heterocycles. The average molecular weight is 334 g/mol.